The smallest absolute Gasteiger partial charge is 0.229 e. The van der Waals surface area contributed by atoms with Gasteiger partial charge in [-0.2, -0.15) is 0 Å². The van der Waals surface area contributed by atoms with Crippen LogP contribution in [0.25, 0.3) is 5.69 Å². The maximum atomic E-state index is 13.7. The molecule has 1 fully saturated rings. The quantitative estimate of drug-likeness (QED) is 0.248. The number of halogens is 1. The van der Waals surface area contributed by atoms with Gasteiger partial charge in [0.1, 0.15) is 11.6 Å². The number of aryl methyl sites for hydroxylation is 1. The fourth-order valence-corrected chi connectivity index (χ4v) is 5.61. The number of rotatable bonds is 6. The van der Waals surface area contributed by atoms with E-state index < -0.39 is 5.41 Å². The lowest BCUT2D eigenvalue weighted by atomic mass is 9.95. The summed E-state index contributed by atoms with van der Waals surface area (Å²) in [5.74, 6) is 0.141. The number of carbonyl (C=O) groups is 1. The number of nitrogens with zero attached hydrogens (tertiary/aromatic N) is 3. The maximum Gasteiger partial charge on any atom is 0.229 e. The number of anilines is 2. The molecular formula is C32H34FN5O2S. The van der Waals surface area contributed by atoms with Crippen molar-refractivity contribution in [2.45, 2.75) is 46.7 Å². The number of carbonyl (C=O) groups excluding carboxylic acids is 1. The highest BCUT2D eigenvalue weighted by Gasteiger charge is 2.42. The summed E-state index contributed by atoms with van der Waals surface area (Å²) >= 11 is 5.93. The molecule has 212 valence electrons. The molecule has 1 aliphatic heterocycles. The lowest BCUT2D eigenvalue weighted by molar-refractivity contribution is -0.123. The molecule has 1 aliphatic rings. The Balaban J connectivity index is 1.62. The van der Waals surface area contributed by atoms with E-state index in [1.165, 1.54) is 12.1 Å². The van der Waals surface area contributed by atoms with Crippen molar-refractivity contribution in [3.05, 3.63) is 101 Å². The van der Waals surface area contributed by atoms with E-state index in [9.17, 15) is 9.18 Å². The molecule has 0 aliphatic carbocycles. The first-order valence-electron chi connectivity index (χ1n) is 13.4. The van der Waals surface area contributed by atoms with Crippen LogP contribution in [0.5, 0.6) is 5.75 Å². The Bertz CT molecular complexity index is 1600. The average molecular weight is 572 g/mol. The summed E-state index contributed by atoms with van der Waals surface area (Å²) in [5.41, 5.74) is 5.65. The SMILES string of the molecule is COc1cc(N2C(=S)N[C@@H](c3ccccn3)[C@H]2c2cc(C)n(-c3ccc(F)cc3)c2C)ccc1NC(=O)C(C)(C)C. The number of pyridine rings is 1. The second-order valence-electron chi connectivity index (χ2n) is 11.2. The molecule has 2 aromatic carbocycles. The van der Waals surface area contributed by atoms with Gasteiger partial charge in [0.25, 0.3) is 0 Å². The van der Waals surface area contributed by atoms with Crippen LogP contribution >= 0.6 is 12.2 Å². The molecule has 2 atom stereocenters. The van der Waals surface area contributed by atoms with Crippen LogP contribution in [0.2, 0.25) is 0 Å². The van der Waals surface area contributed by atoms with E-state index in [-0.39, 0.29) is 23.8 Å². The minimum absolute atomic E-state index is 0.108. The molecule has 0 bridgehead atoms. The number of methoxy groups -OCH3 is 1. The molecule has 0 spiro atoms. The molecule has 2 N–H and O–H groups in total. The van der Waals surface area contributed by atoms with Crippen molar-refractivity contribution >= 4 is 34.6 Å². The zero-order chi connectivity index (χ0) is 29.5. The van der Waals surface area contributed by atoms with Gasteiger partial charge < -0.3 is 24.8 Å². The van der Waals surface area contributed by atoms with Gasteiger partial charge in [0.15, 0.2) is 5.11 Å². The lowest BCUT2D eigenvalue weighted by Crippen LogP contribution is -2.30. The number of hydrogen-bond acceptors (Lipinski definition) is 4. The number of ether oxygens (including phenoxy) is 1. The van der Waals surface area contributed by atoms with Crippen molar-refractivity contribution in [1.82, 2.24) is 14.9 Å². The van der Waals surface area contributed by atoms with Crippen LogP contribution in [-0.2, 0) is 4.79 Å². The van der Waals surface area contributed by atoms with E-state index in [4.69, 9.17) is 17.0 Å². The Morgan fingerprint density at radius 3 is 2.39 bits per heavy atom. The van der Waals surface area contributed by atoms with Crippen molar-refractivity contribution in [3.8, 4) is 11.4 Å². The average Bonchev–Trinajstić information content (AvgIpc) is 3.44. The molecule has 7 nitrogen and oxygen atoms in total. The second kappa shape index (κ2) is 11.0. The van der Waals surface area contributed by atoms with Crippen LogP contribution in [0.3, 0.4) is 0 Å². The number of benzene rings is 2. The predicted octanol–water partition coefficient (Wildman–Crippen LogP) is 6.80. The molecule has 0 unspecified atom stereocenters. The third-order valence-electron chi connectivity index (χ3n) is 7.36. The van der Waals surface area contributed by atoms with Crippen LogP contribution in [0.4, 0.5) is 15.8 Å². The minimum atomic E-state index is -0.557. The molecule has 41 heavy (non-hydrogen) atoms. The molecule has 4 aromatic rings. The largest absolute Gasteiger partial charge is 0.494 e. The normalized spacial score (nSPS) is 17.0. The summed E-state index contributed by atoms with van der Waals surface area (Å²) in [6, 6.07) is 19.6. The van der Waals surface area contributed by atoms with Gasteiger partial charge in [-0.05, 0) is 86.2 Å². The number of aromatic nitrogens is 2. The number of thiocarbonyl (C=S) groups is 1. The summed E-state index contributed by atoms with van der Waals surface area (Å²) in [5, 5.41) is 7.03. The first-order chi connectivity index (χ1) is 19.5. The molecule has 1 amide bonds. The third kappa shape index (κ3) is 5.41. The lowest BCUT2D eigenvalue weighted by Gasteiger charge is -2.29. The Morgan fingerprint density at radius 1 is 1.05 bits per heavy atom. The molecule has 3 heterocycles. The topological polar surface area (TPSA) is 71.4 Å². The van der Waals surface area contributed by atoms with Crippen molar-refractivity contribution in [3.63, 3.8) is 0 Å². The van der Waals surface area contributed by atoms with E-state index in [2.05, 4.69) is 38.1 Å². The fraction of sp³-hybridized carbons (Fsp3) is 0.281. The zero-order valence-electron chi connectivity index (χ0n) is 24.0. The Labute approximate surface area is 245 Å². The van der Waals surface area contributed by atoms with E-state index in [0.717, 1.165) is 34.0 Å². The van der Waals surface area contributed by atoms with Gasteiger partial charge in [0, 0.05) is 40.4 Å². The first-order valence-corrected chi connectivity index (χ1v) is 13.9. The summed E-state index contributed by atoms with van der Waals surface area (Å²) in [4.78, 5) is 19.4. The summed E-state index contributed by atoms with van der Waals surface area (Å²) in [6.07, 6.45) is 1.78. The van der Waals surface area contributed by atoms with E-state index in [0.29, 0.717) is 16.5 Å². The summed E-state index contributed by atoms with van der Waals surface area (Å²) in [7, 11) is 1.58. The monoisotopic (exact) mass is 571 g/mol. The van der Waals surface area contributed by atoms with Crippen molar-refractivity contribution in [1.29, 1.82) is 0 Å². The predicted molar refractivity (Wildman–Crippen MR) is 164 cm³/mol. The van der Waals surface area contributed by atoms with Gasteiger partial charge in [-0.1, -0.05) is 26.8 Å². The molecule has 2 aromatic heterocycles. The highest BCUT2D eigenvalue weighted by molar-refractivity contribution is 7.80. The highest BCUT2D eigenvalue weighted by atomic mass is 32.1. The van der Waals surface area contributed by atoms with Crippen molar-refractivity contribution < 1.29 is 13.9 Å². The van der Waals surface area contributed by atoms with Crippen LogP contribution in [-0.4, -0.2) is 27.7 Å². The number of hydrogen-bond donors (Lipinski definition) is 2. The summed E-state index contributed by atoms with van der Waals surface area (Å²) in [6.45, 7) is 9.69. The van der Waals surface area contributed by atoms with Gasteiger partial charge >= 0.3 is 0 Å². The molecule has 5 rings (SSSR count). The van der Waals surface area contributed by atoms with Crippen LogP contribution < -0.4 is 20.3 Å². The fourth-order valence-electron chi connectivity index (χ4n) is 5.27. The first kappa shape index (κ1) is 28.3. The van der Waals surface area contributed by atoms with E-state index in [1.54, 1.807) is 25.4 Å². The third-order valence-corrected chi connectivity index (χ3v) is 7.68. The minimum Gasteiger partial charge on any atom is -0.494 e. The van der Waals surface area contributed by atoms with E-state index in [1.807, 2.05) is 64.1 Å². The number of nitrogens with one attached hydrogen (secondary N) is 2. The molecule has 0 radical (unpaired) electrons. The second-order valence-corrected chi connectivity index (χ2v) is 11.6. The van der Waals surface area contributed by atoms with Gasteiger partial charge in [-0.25, -0.2) is 4.39 Å². The van der Waals surface area contributed by atoms with Crippen LogP contribution in [0.1, 0.15) is 55.5 Å². The molecule has 1 saturated heterocycles. The van der Waals surface area contributed by atoms with Gasteiger partial charge in [0.05, 0.1) is 30.6 Å². The van der Waals surface area contributed by atoms with E-state index >= 15 is 0 Å². The number of amides is 1. The zero-order valence-corrected chi connectivity index (χ0v) is 24.8. The van der Waals surface area contributed by atoms with Crippen LogP contribution in [0, 0.1) is 25.1 Å². The Morgan fingerprint density at radius 2 is 1.76 bits per heavy atom. The molecule has 0 saturated carbocycles. The van der Waals surface area contributed by atoms with Gasteiger partial charge in [-0.3, -0.25) is 9.78 Å². The van der Waals surface area contributed by atoms with Crippen LogP contribution in [0.15, 0.2) is 72.9 Å². The van der Waals surface area contributed by atoms with Crippen molar-refractivity contribution in [2.75, 3.05) is 17.3 Å². The Kier molecular flexibility index (Phi) is 7.57. The molecular weight excluding hydrogens is 537 g/mol. The van der Waals surface area contributed by atoms with Gasteiger partial charge in [-0.15, -0.1) is 0 Å². The highest BCUT2D eigenvalue weighted by Crippen LogP contribution is 2.45. The Hall–Kier alpha value is -4.24. The van der Waals surface area contributed by atoms with Gasteiger partial charge in [0.2, 0.25) is 5.91 Å². The standard InChI is InChI=1S/C32H34FN5O2S/c1-19-17-24(20(2)37(19)22-12-10-21(33)11-13-22)29-28(26-9-7-8-16-34-26)36-31(41)38(29)23-14-15-25(27(18-23)40-6)35-30(39)32(3,4)5/h7-18,28-29H,1-6H3,(H,35,39)(H,36,41)/t28-,29+/m0/s1. The molecule has 9 heteroatoms. The maximum absolute atomic E-state index is 13.7. The van der Waals surface area contributed by atoms with Crippen molar-refractivity contribution in [2.24, 2.45) is 5.41 Å². The summed E-state index contributed by atoms with van der Waals surface area (Å²) < 4.78 is 21.5.